The maximum Gasteiger partial charge on any atom is 0.402 e. The third-order valence-electron chi connectivity index (χ3n) is 3.69. The molecule has 1 atom stereocenters. The van der Waals surface area contributed by atoms with E-state index in [9.17, 15) is 18.0 Å². The van der Waals surface area contributed by atoms with Gasteiger partial charge in [0.15, 0.2) is 5.78 Å². The molecule has 8 heteroatoms. The van der Waals surface area contributed by atoms with E-state index < -0.39 is 17.4 Å². The number of halogens is 3. The predicted octanol–water partition coefficient (Wildman–Crippen LogP) is 1.51. The van der Waals surface area contributed by atoms with E-state index in [2.05, 4.69) is 15.4 Å². The molecule has 0 aromatic carbocycles. The van der Waals surface area contributed by atoms with Gasteiger partial charge in [0.1, 0.15) is 17.6 Å². The number of carbonyl (C=O) groups excluding carboxylic acids is 1. The highest BCUT2D eigenvalue weighted by Crippen LogP contribution is 2.44. The zero-order valence-electron chi connectivity index (χ0n) is 11.4. The average molecular weight is 290 g/mol. The molecule has 1 aromatic heterocycles. The van der Waals surface area contributed by atoms with Crippen LogP contribution in [-0.4, -0.2) is 39.8 Å². The molecule has 0 saturated carbocycles. The summed E-state index contributed by atoms with van der Waals surface area (Å²) in [6.45, 7) is 3.51. The fourth-order valence-corrected chi connectivity index (χ4v) is 2.47. The maximum atomic E-state index is 13.3. The normalized spacial score (nSPS) is 23.5. The molecular weight excluding hydrogens is 273 g/mol. The first-order valence-corrected chi connectivity index (χ1v) is 6.47. The topological polar surface area (TPSA) is 59.8 Å². The summed E-state index contributed by atoms with van der Waals surface area (Å²) in [4.78, 5) is 16.1. The molecule has 1 unspecified atom stereocenters. The first-order chi connectivity index (χ1) is 9.28. The van der Waals surface area contributed by atoms with Gasteiger partial charge >= 0.3 is 6.18 Å². The van der Waals surface area contributed by atoms with Crippen molar-refractivity contribution >= 4 is 5.78 Å². The molecule has 0 amide bonds. The highest BCUT2D eigenvalue weighted by Gasteiger charge is 2.60. The third kappa shape index (κ3) is 2.44. The molecule has 1 aliphatic rings. The maximum absolute atomic E-state index is 13.3. The largest absolute Gasteiger partial charge is 0.402 e. The predicted molar refractivity (Wildman–Crippen MR) is 65.1 cm³/mol. The lowest BCUT2D eigenvalue weighted by atomic mass is 9.80. The Morgan fingerprint density at radius 3 is 2.75 bits per heavy atom. The minimum atomic E-state index is -4.55. The van der Waals surface area contributed by atoms with Crippen molar-refractivity contribution in [3.8, 4) is 0 Å². The number of carbonyl (C=O) groups is 1. The van der Waals surface area contributed by atoms with E-state index in [1.165, 1.54) is 11.0 Å². The fraction of sp³-hybridized carbons (Fsp3) is 0.750. The third-order valence-corrected chi connectivity index (χ3v) is 3.69. The molecule has 5 nitrogen and oxygen atoms in total. The van der Waals surface area contributed by atoms with Crippen molar-refractivity contribution in [1.82, 2.24) is 20.1 Å². The van der Waals surface area contributed by atoms with Crippen molar-refractivity contribution in [2.45, 2.75) is 38.9 Å². The second kappa shape index (κ2) is 5.16. The van der Waals surface area contributed by atoms with E-state index in [1.54, 1.807) is 0 Å². The van der Waals surface area contributed by atoms with E-state index in [0.29, 0.717) is 0 Å². The summed E-state index contributed by atoms with van der Waals surface area (Å²) < 4.78 is 41.2. The molecule has 0 bridgehead atoms. The Balaban J connectivity index is 2.24. The van der Waals surface area contributed by atoms with Gasteiger partial charge in [0.05, 0.1) is 6.42 Å². The molecule has 0 radical (unpaired) electrons. The molecule has 1 saturated heterocycles. The molecule has 1 aromatic rings. The van der Waals surface area contributed by atoms with Gasteiger partial charge in [0, 0.05) is 12.6 Å². The van der Waals surface area contributed by atoms with Crippen LogP contribution in [0.3, 0.4) is 0 Å². The quantitative estimate of drug-likeness (QED) is 0.913. The van der Waals surface area contributed by atoms with Gasteiger partial charge in [-0.2, -0.15) is 18.3 Å². The lowest BCUT2D eigenvalue weighted by molar-refractivity contribution is -0.214. The lowest BCUT2D eigenvalue weighted by Gasteiger charge is -2.29. The van der Waals surface area contributed by atoms with Crippen molar-refractivity contribution in [3.63, 3.8) is 0 Å². The van der Waals surface area contributed by atoms with Gasteiger partial charge in [-0.05, 0) is 26.8 Å². The standard InChI is InChI=1S/C12H17F3N4O/c1-8(2)19-10(17-7-18-19)5-9(20)11(12(13,14)15)3-4-16-6-11/h7-8,16H,3-6H2,1-2H3. The Hall–Kier alpha value is -1.44. The van der Waals surface area contributed by atoms with Crippen LogP contribution in [0.25, 0.3) is 0 Å². The fourth-order valence-electron chi connectivity index (χ4n) is 2.47. The van der Waals surface area contributed by atoms with Crippen molar-refractivity contribution in [2.24, 2.45) is 5.41 Å². The van der Waals surface area contributed by atoms with Crippen LogP contribution in [-0.2, 0) is 11.2 Å². The summed E-state index contributed by atoms with van der Waals surface area (Å²) in [6.07, 6.45) is -3.85. The van der Waals surface area contributed by atoms with Crippen LogP contribution < -0.4 is 5.32 Å². The van der Waals surface area contributed by atoms with E-state index in [1.807, 2.05) is 13.8 Å². The Labute approximate surface area is 114 Å². The lowest BCUT2D eigenvalue weighted by Crippen LogP contribution is -2.47. The first-order valence-electron chi connectivity index (χ1n) is 6.47. The molecule has 1 aliphatic heterocycles. The van der Waals surface area contributed by atoms with Crippen molar-refractivity contribution in [1.29, 1.82) is 0 Å². The smallest absolute Gasteiger partial charge is 0.315 e. The van der Waals surface area contributed by atoms with Gasteiger partial charge in [0.2, 0.25) is 0 Å². The van der Waals surface area contributed by atoms with E-state index >= 15 is 0 Å². The molecule has 112 valence electrons. The highest BCUT2D eigenvalue weighted by molar-refractivity contribution is 5.87. The second-order valence-corrected chi connectivity index (χ2v) is 5.32. The minimum absolute atomic E-state index is 0.0520. The van der Waals surface area contributed by atoms with E-state index in [4.69, 9.17) is 0 Å². The number of nitrogens with zero attached hydrogens (tertiary/aromatic N) is 3. The zero-order chi connectivity index (χ0) is 15.0. The van der Waals surface area contributed by atoms with Crippen LogP contribution in [0, 0.1) is 5.41 Å². The summed E-state index contributed by atoms with van der Waals surface area (Å²) in [5.74, 6) is -0.564. The van der Waals surface area contributed by atoms with Crippen molar-refractivity contribution in [2.75, 3.05) is 13.1 Å². The summed E-state index contributed by atoms with van der Waals surface area (Å²) in [6, 6.07) is -0.0520. The summed E-state index contributed by atoms with van der Waals surface area (Å²) in [5, 5.41) is 6.57. The van der Waals surface area contributed by atoms with Gasteiger partial charge in [-0.15, -0.1) is 0 Å². The number of ketones is 1. The molecule has 0 aliphatic carbocycles. The molecule has 0 spiro atoms. The van der Waals surface area contributed by atoms with Crippen molar-refractivity contribution in [3.05, 3.63) is 12.2 Å². The first kappa shape index (κ1) is 15.0. The molecule has 1 fully saturated rings. The molecule has 2 heterocycles. The molecule has 1 N–H and O–H groups in total. The highest BCUT2D eigenvalue weighted by atomic mass is 19.4. The zero-order valence-corrected chi connectivity index (χ0v) is 11.4. The Bertz CT molecular complexity index is 489. The van der Waals surface area contributed by atoms with Gasteiger partial charge in [-0.25, -0.2) is 9.67 Å². The molecular formula is C12H17F3N4O. The second-order valence-electron chi connectivity index (χ2n) is 5.32. The molecule has 20 heavy (non-hydrogen) atoms. The SMILES string of the molecule is CC(C)n1ncnc1CC(=O)C1(C(F)(F)F)CCNC1. The summed E-state index contributed by atoms with van der Waals surface area (Å²) >= 11 is 0. The van der Waals surface area contributed by atoms with Crippen LogP contribution in [0.4, 0.5) is 13.2 Å². The van der Waals surface area contributed by atoms with Gasteiger partial charge in [0.25, 0.3) is 0 Å². The van der Waals surface area contributed by atoms with Gasteiger partial charge in [-0.1, -0.05) is 0 Å². The minimum Gasteiger partial charge on any atom is -0.315 e. The van der Waals surface area contributed by atoms with Crippen LogP contribution >= 0.6 is 0 Å². The number of Topliss-reactive ketones (excluding diaryl/α,β-unsaturated/α-hetero) is 1. The van der Waals surface area contributed by atoms with E-state index in [-0.39, 0.29) is 37.8 Å². The number of hydrogen-bond acceptors (Lipinski definition) is 4. The Morgan fingerprint density at radius 2 is 2.25 bits per heavy atom. The van der Waals surface area contributed by atoms with Crippen LogP contribution in [0.1, 0.15) is 32.1 Å². The number of alkyl halides is 3. The monoisotopic (exact) mass is 290 g/mol. The molecule has 2 rings (SSSR count). The van der Waals surface area contributed by atoms with E-state index in [0.717, 1.165) is 0 Å². The van der Waals surface area contributed by atoms with Crippen molar-refractivity contribution < 1.29 is 18.0 Å². The Kier molecular flexibility index (Phi) is 3.86. The summed E-state index contributed by atoms with van der Waals surface area (Å²) in [7, 11) is 0. The van der Waals surface area contributed by atoms with Gasteiger partial charge < -0.3 is 5.32 Å². The average Bonchev–Trinajstić information content (AvgIpc) is 2.96. The number of rotatable bonds is 4. The Morgan fingerprint density at radius 1 is 1.55 bits per heavy atom. The van der Waals surface area contributed by atoms with Crippen LogP contribution in [0.5, 0.6) is 0 Å². The van der Waals surface area contributed by atoms with Gasteiger partial charge in [-0.3, -0.25) is 4.79 Å². The number of aromatic nitrogens is 3. The van der Waals surface area contributed by atoms with Crippen LogP contribution in [0.15, 0.2) is 6.33 Å². The number of nitrogens with one attached hydrogen (secondary N) is 1. The summed E-state index contributed by atoms with van der Waals surface area (Å²) in [5.41, 5.74) is -2.29. The van der Waals surface area contributed by atoms with Crippen LogP contribution in [0.2, 0.25) is 0 Å². The number of hydrogen-bond donors (Lipinski definition) is 1.